The molecule has 0 aliphatic rings. The van der Waals surface area contributed by atoms with Gasteiger partial charge in [0.1, 0.15) is 11.6 Å². The summed E-state index contributed by atoms with van der Waals surface area (Å²) < 4.78 is 39.4. The van der Waals surface area contributed by atoms with E-state index < -0.39 is 11.7 Å². The molecule has 3 nitrogen and oxygen atoms in total. The second kappa shape index (κ2) is 6.34. The molecule has 0 saturated carbocycles. The number of alkyl halides is 3. The van der Waals surface area contributed by atoms with Crippen molar-refractivity contribution < 1.29 is 13.2 Å². The number of rotatable bonds is 4. The number of nitrogens with zero attached hydrogens (tertiary/aromatic N) is 1. The van der Waals surface area contributed by atoms with Crippen LogP contribution in [0.3, 0.4) is 0 Å². The zero-order valence-electron chi connectivity index (χ0n) is 11.1. The van der Waals surface area contributed by atoms with Gasteiger partial charge in [-0.2, -0.15) is 13.2 Å². The van der Waals surface area contributed by atoms with E-state index in [0.717, 1.165) is 22.2 Å². The third-order valence-electron chi connectivity index (χ3n) is 2.80. The fourth-order valence-electron chi connectivity index (χ4n) is 1.71. The molecule has 0 atom stereocenters. The Morgan fingerprint density at radius 1 is 1.10 bits per heavy atom. The molecular weight excluding hydrogens is 347 g/mol. The molecule has 1 heterocycles. The lowest BCUT2D eigenvalue weighted by Crippen LogP contribution is -2.09. The number of benzene rings is 1. The monoisotopic (exact) mass is 359 g/mol. The molecule has 0 radical (unpaired) electrons. The van der Waals surface area contributed by atoms with Crippen molar-refractivity contribution in [3.8, 4) is 0 Å². The normalized spacial score (nSPS) is 11.3. The Labute approximate surface area is 128 Å². The van der Waals surface area contributed by atoms with Crippen LogP contribution in [-0.2, 0) is 12.7 Å². The largest absolute Gasteiger partial charge is 0.416 e. The molecule has 0 saturated heterocycles. The molecule has 0 aliphatic carbocycles. The summed E-state index contributed by atoms with van der Waals surface area (Å²) in [5.41, 5.74) is 0.212. The summed E-state index contributed by atoms with van der Waals surface area (Å²) in [7, 11) is 1.53. The number of hydrogen-bond donors (Lipinski definition) is 2. The van der Waals surface area contributed by atoms with Crippen molar-refractivity contribution in [2.75, 3.05) is 17.7 Å². The summed E-state index contributed by atoms with van der Waals surface area (Å²) in [5.74, 6) is 0.347. The van der Waals surface area contributed by atoms with Crippen LogP contribution >= 0.6 is 15.9 Å². The zero-order chi connectivity index (χ0) is 15.5. The lowest BCUT2D eigenvalue weighted by molar-refractivity contribution is -0.137. The van der Waals surface area contributed by atoms with Crippen molar-refractivity contribution in [2.45, 2.75) is 12.7 Å². The van der Waals surface area contributed by atoms with Gasteiger partial charge in [-0.05, 0) is 29.8 Å². The molecule has 1 aromatic carbocycles. The first-order valence-corrected chi connectivity index (χ1v) is 6.93. The van der Waals surface area contributed by atoms with Crippen molar-refractivity contribution in [1.29, 1.82) is 0 Å². The molecule has 21 heavy (non-hydrogen) atoms. The topological polar surface area (TPSA) is 37.0 Å². The standard InChI is InChI=1S/C14H13BrF3N3/c1-19-12-6-10(14(16,17)18)7-13(21-12)20-8-9-2-4-11(15)5-3-9/h2-7H,8H2,1H3,(H2,19,20,21). The lowest BCUT2D eigenvalue weighted by Gasteiger charge is -2.12. The maximum Gasteiger partial charge on any atom is 0.416 e. The fraction of sp³-hybridized carbons (Fsp3) is 0.214. The van der Waals surface area contributed by atoms with E-state index in [1.807, 2.05) is 24.3 Å². The molecule has 0 unspecified atom stereocenters. The molecule has 2 N–H and O–H groups in total. The van der Waals surface area contributed by atoms with Crippen LogP contribution in [0.2, 0.25) is 0 Å². The van der Waals surface area contributed by atoms with Crippen LogP contribution in [0.15, 0.2) is 40.9 Å². The smallest absolute Gasteiger partial charge is 0.373 e. The minimum atomic E-state index is -4.40. The van der Waals surface area contributed by atoms with Crippen LogP contribution < -0.4 is 10.6 Å². The maximum absolute atomic E-state index is 12.8. The Morgan fingerprint density at radius 2 is 1.71 bits per heavy atom. The van der Waals surface area contributed by atoms with E-state index in [2.05, 4.69) is 31.5 Å². The minimum Gasteiger partial charge on any atom is -0.373 e. The highest BCUT2D eigenvalue weighted by Gasteiger charge is 2.31. The summed E-state index contributed by atoms with van der Waals surface area (Å²) in [6.45, 7) is 0.394. The summed E-state index contributed by atoms with van der Waals surface area (Å²) in [4.78, 5) is 4.07. The van der Waals surface area contributed by atoms with Crippen LogP contribution in [0.5, 0.6) is 0 Å². The van der Waals surface area contributed by atoms with Gasteiger partial charge in [0.2, 0.25) is 0 Å². The first-order chi connectivity index (χ1) is 9.88. The predicted molar refractivity (Wildman–Crippen MR) is 80.3 cm³/mol. The van der Waals surface area contributed by atoms with E-state index >= 15 is 0 Å². The van der Waals surface area contributed by atoms with Gasteiger partial charge in [0.05, 0.1) is 5.56 Å². The van der Waals surface area contributed by atoms with Gasteiger partial charge in [0.25, 0.3) is 0 Å². The highest BCUT2D eigenvalue weighted by Crippen LogP contribution is 2.32. The molecule has 1 aromatic heterocycles. The molecule has 2 aromatic rings. The number of anilines is 2. The summed E-state index contributed by atoms with van der Waals surface area (Å²) in [5, 5.41) is 5.53. The average molecular weight is 360 g/mol. The van der Waals surface area contributed by atoms with Crippen LogP contribution in [0.1, 0.15) is 11.1 Å². The first kappa shape index (κ1) is 15.6. The van der Waals surface area contributed by atoms with Crippen molar-refractivity contribution in [1.82, 2.24) is 4.98 Å². The van der Waals surface area contributed by atoms with Crippen LogP contribution in [0.4, 0.5) is 24.8 Å². The Morgan fingerprint density at radius 3 is 2.29 bits per heavy atom. The molecule has 112 valence electrons. The Hall–Kier alpha value is -1.76. The van der Waals surface area contributed by atoms with Gasteiger partial charge in [0.15, 0.2) is 0 Å². The zero-order valence-corrected chi connectivity index (χ0v) is 12.7. The van der Waals surface area contributed by atoms with E-state index in [0.29, 0.717) is 6.54 Å². The molecule has 0 aliphatic heterocycles. The SMILES string of the molecule is CNc1cc(C(F)(F)F)cc(NCc2ccc(Br)cc2)n1. The Balaban J connectivity index is 2.17. The Bertz CT molecular complexity index is 612. The van der Waals surface area contributed by atoms with E-state index in [4.69, 9.17) is 0 Å². The summed E-state index contributed by atoms with van der Waals surface area (Å²) >= 11 is 3.33. The van der Waals surface area contributed by atoms with Gasteiger partial charge >= 0.3 is 6.18 Å². The molecule has 7 heteroatoms. The third kappa shape index (κ3) is 4.35. The van der Waals surface area contributed by atoms with E-state index in [9.17, 15) is 13.2 Å². The van der Waals surface area contributed by atoms with Crippen molar-refractivity contribution in [3.05, 3.63) is 52.0 Å². The molecule has 0 spiro atoms. The summed E-state index contributed by atoms with van der Waals surface area (Å²) in [6, 6.07) is 9.48. The highest BCUT2D eigenvalue weighted by molar-refractivity contribution is 9.10. The van der Waals surface area contributed by atoms with Crippen LogP contribution in [0.25, 0.3) is 0 Å². The van der Waals surface area contributed by atoms with Gasteiger partial charge in [0, 0.05) is 18.1 Å². The predicted octanol–water partition coefficient (Wildman–Crippen LogP) is 4.52. The molecule has 0 amide bonds. The van der Waals surface area contributed by atoms with Gasteiger partial charge in [-0.1, -0.05) is 28.1 Å². The maximum atomic E-state index is 12.8. The second-order valence-electron chi connectivity index (χ2n) is 4.35. The van der Waals surface area contributed by atoms with Crippen molar-refractivity contribution in [3.63, 3.8) is 0 Å². The lowest BCUT2D eigenvalue weighted by atomic mass is 10.2. The molecule has 2 rings (SSSR count). The number of nitrogens with one attached hydrogen (secondary N) is 2. The van der Waals surface area contributed by atoms with Gasteiger partial charge in [-0.25, -0.2) is 4.98 Å². The highest BCUT2D eigenvalue weighted by atomic mass is 79.9. The van der Waals surface area contributed by atoms with E-state index in [1.54, 1.807) is 0 Å². The van der Waals surface area contributed by atoms with E-state index in [-0.39, 0.29) is 11.6 Å². The van der Waals surface area contributed by atoms with Crippen LogP contribution in [0, 0.1) is 0 Å². The Kier molecular flexibility index (Phi) is 4.72. The van der Waals surface area contributed by atoms with Crippen molar-refractivity contribution in [2.24, 2.45) is 0 Å². The van der Waals surface area contributed by atoms with Gasteiger partial charge < -0.3 is 10.6 Å². The number of pyridine rings is 1. The second-order valence-corrected chi connectivity index (χ2v) is 5.27. The average Bonchev–Trinajstić information content (AvgIpc) is 2.45. The fourth-order valence-corrected chi connectivity index (χ4v) is 1.97. The third-order valence-corrected chi connectivity index (χ3v) is 3.32. The minimum absolute atomic E-state index is 0.170. The molecule has 0 bridgehead atoms. The van der Waals surface area contributed by atoms with Crippen molar-refractivity contribution >= 4 is 27.6 Å². The number of hydrogen-bond acceptors (Lipinski definition) is 3. The summed E-state index contributed by atoms with van der Waals surface area (Å²) in [6.07, 6.45) is -4.40. The first-order valence-electron chi connectivity index (χ1n) is 6.14. The molecular formula is C14H13BrF3N3. The van der Waals surface area contributed by atoms with Gasteiger partial charge in [-0.3, -0.25) is 0 Å². The quantitative estimate of drug-likeness (QED) is 0.842. The van der Waals surface area contributed by atoms with E-state index in [1.165, 1.54) is 7.05 Å². The van der Waals surface area contributed by atoms with Crippen LogP contribution in [-0.4, -0.2) is 12.0 Å². The number of halogens is 4. The molecule has 0 fully saturated rings. The number of aromatic nitrogens is 1. The van der Waals surface area contributed by atoms with Gasteiger partial charge in [-0.15, -0.1) is 0 Å².